The minimum Gasteiger partial charge on any atom is -0.368 e. The maximum absolute atomic E-state index is 13.1. The van der Waals surface area contributed by atoms with Crippen molar-refractivity contribution in [1.82, 2.24) is 4.31 Å². The van der Waals surface area contributed by atoms with Crippen LogP contribution in [0.2, 0.25) is 0 Å². The molecule has 122 valence electrons. The van der Waals surface area contributed by atoms with Gasteiger partial charge in [-0.25, -0.2) is 8.42 Å². The predicted octanol–water partition coefficient (Wildman–Crippen LogP) is 1.87. The Labute approximate surface area is 132 Å². The number of hydrogen-bond donors (Lipinski definition) is 1. The molecular formula is C16H24N2O3S. The topological polar surface area (TPSA) is 80.5 Å². The van der Waals surface area contributed by atoms with Gasteiger partial charge in [-0.1, -0.05) is 0 Å². The first kappa shape index (κ1) is 17.0. The van der Waals surface area contributed by atoms with Crippen LogP contribution in [0.1, 0.15) is 40.7 Å². The van der Waals surface area contributed by atoms with Gasteiger partial charge in [-0.2, -0.15) is 4.31 Å². The van der Waals surface area contributed by atoms with Gasteiger partial charge in [0.2, 0.25) is 15.9 Å². The molecule has 1 atom stereocenters. The summed E-state index contributed by atoms with van der Waals surface area (Å²) in [5.41, 5.74) is 9.98. The summed E-state index contributed by atoms with van der Waals surface area (Å²) in [4.78, 5) is 11.9. The molecule has 0 aromatic heterocycles. The molecule has 2 rings (SSSR count). The summed E-state index contributed by atoms with van der Waals surface area (Å²) < 4.78 is 27.5. The van der Waals surface area contributed by atoms with Crippen LogP contribution in [0.4, 0.5) is 0 Å². The molecule has 0 saturated carbocycles. The van der Waals surface area contributed by atoms with Crippen LogP contribution in [0.3, 0.4) is 0 Å². The highest BCUT2D eigenvalue weighted by Gasteiger charge is 2.40. The van der Waals surface area contributed by atoms with Crippen LogP contribution < -0.4 is 5.73 Å². The lowest BCUT2D eigenvalue weighted by molar-refractivity contribution is -0.121. The van der Waals surface area contributed by atoms with Gasteiger partial charge in [-0.05, 0) is 75.3 Å². The van der Waals surface area contributed by atoms with Crippen LogP contribution in [-0.4, -0.2) is 31.2 Å². The highest BCUT2D eigenvalue weighted by molar-refractivity contribution is 7.89. The first-order valence-electron chi connectivity index (χ1n) is 7.48. The van der Waals surface area contributed by atoms with Crippen LogP contribution in [0.25, 0.3) is 0 Å². The molecule has 1 amide bonds. The quantitative estimate of drug-likeness (QED) is 0.921. The highest BCUT2D eigenvalue weighted by Crippen LogP contribution is 2.34. The molecule has 0 aliphatic carbocycles. The number of amides is 1. The molecule has 1 saturated heterocycles. The Morgan fingerprint density at radius 2 is 1.45 bits per heavy atom. The van der Waals surface area contributed by atoms with Crippen molar-refractivity contribution in [3.05, 3.63) is 27.8 Å². The van der Waals surface area contributed by atoms with E-state index in [2.05, 4.69) is 0 Å². The lowest BCUT2D eigenvalue weighted by Gasteiger charge is -2.26. The lowest BCUT2D eigenvalue weighted by Crippen LogP contribution is -2.44. The van der Waals surface area contributed by atoms with Gasteiger partial charge in [0, 0.05) is 6.54 Å². The molecule has 0 spiro atoms. The molecule has 1 aliphatic rings. The average molecular weight is 324 g/mol. The van der Waals surface area contributed by atoms with E-state index in [4.69, 9.17) is 5.73 Å². The largest absolute Gasteiger partial charge is 0.368 e. The van der Waals surface area contributed by atoms with Gasteiger partial charge >= 0.3 is 0 Å². The maximum Gasteiger partial charge on any atom is 0.244 e. The molecule has 0 bridgehead atoms. The molecule has 0 unspecified atom stereocenters. The van der Waals surface area contributed by atoms with Crippen molar-refractivity contribution >= 4 is 15.9 Å². The number of nitrogens with two attached hydrogens (primary N) is 1. The lowest BCUT2D eigenvalue weighted by atomic mass is 9.95. The molecule has 1 aliphatic heterocycles. The Morgan fingerprint density at radius 3 is 1.91 bits per heavy atom. The molecular weight excluding hydrogens is 300 g/mol. The Kier molecular flexibility index (Phi) is 4.37. The number of primary amides is 1. The van der Waals surface area contributed by atoms with E-state index in [1.54, 1.807) is 0 Å². The summed E-state index contributed by atoms with van der Waals surface area (Å²) in [5, 5.41) is 0. The summed E-state index contributed by atoms with van der Waals surface area (Å²) in [5.74, 6) is -0.572. The van der Waals surface area contributed by atoms with Crippen LogP contribution in [0.15, 0.2) is 4.90 Å². The zero-order chi connectivity index (χ0) is 16.8. The summed E-state index contributed by atoms with van der Waals surface area (Å²) in [6.07, 6.45) is 1.16. The fourth-order valence-electron chi connectivity index (χ4n) is 3.28. The second kappa shape index (κ2) is 5.66. The predicted molar refractivity (Wildman–Crippen MR) is 86.2 cm³/mol. The summed E-state index contributed by atoms with van der Waals surface area (Å²) >= 11 is 0. The molecule has 0 radical (unpaired) electrons. The third-order valence-electron chi connectivity index (χ3n) is 5.03. The number of benzene rings is 1. The fraction of sp³-hybridized carbons (Fsp3) is 0.562. The van der Waals surface area contributed by atoms with Crippen LogP contribution in [0, 0.1) is 34.6 Å². The van der Waals surface area contributed by atoms with Gasteiger partial charge in [0.1, 0.15) is 6.04 Å². The van der Waals surface area contributed by atoms with Crippen molar-refractivity contribution in [2.24, 2.45) is 5.73 Å². The summed E-state index contributed by atoms with van der Waals surface area (Å²) in [6, 6.07) is -0.731. The van der Waals surface area contributed by atoms with Gasteiger partial charge in [0.05, 0.1) is 4.90 Å². The van der Waals surface area contributed by atoms with E-state index in [1.165, 1.54) is 4.31 Å². The van der Waals surface area contributed by atoms with E-state index in [9.17, 15) is 13.2 Å². The van der Waals surface area contributed by atoms with Gasteiger partial charge in [0.25, 0.3) is 0 Å². The zero-order valence-corrected chi connectivity index (χ0v) is 14.7. The summed E-state index contributed by atoms with van der Waals surface area (Å²) in [7, 11) is -3.72. The highest BCUT2D eigenvalue weighted by atomic mass is 32.2. The third-order valence-corrected chi connectivity index (χ3v) is 7.21. The normalized spacial score (nSPS) is 19.6. The molecule has 6 heteroatoms. The molecule has 1 fully saturated rings. The molecule has 1 aromatic rings. The first-order valence-corrected chi connectivity index (χ1v) is 8.92. The van der Waals surface area contributed by atoms with Crippen LogP contribution in [0.5, 0.6) is 0 Å². The number of carbonyl (C=O) groups is 1. The second-order valence-corrected chi connectivity index (χ2v) is 7.96. The van der Waals surface area contributed by atoms with Crippen molar-refractivity contribution in [3.63, 3.8) is 0 Å². The third kappa shape index (κ3) is 2.44. The molecule has 1 heterocycles. The molecule has 5 nitrogen and oxygen atoms in total. The Morgan fingerprint density at radius 1 is 1.00 bits per heavy atom. The van der Waals surface area contributed by atoms with Crippen molar-refractivity contribution in [3.8, 4) is 0 Å². The maximum atomic E-state index is 13.1. The van der Waals surface area contributed by atoms with Crippen molar-refractivity contribution in [2.75, 3.05) is 6.54 Å². The number of sulfonamides is 1. The van der Waals surface area contributed by atoms with Crippen molar-refractivity contribution in [2.45, 2.75) is 58.4 Å². The van der Waals surface area contributed by atoms with E-state index < -0.39 is 22.0 Å². The first-order chi connectivity index (χ1) is 10.1. The van der Waals surface area contributed by atoms with Gasteiger partial charge in [0.15, 0.2) is 0 Å². The Balaban J connectivity index is 2.68. The summed E-state index contributed by atoms with van der Waals surface area (Å²) in [6.45, 7) is 9.88. The van der Waals surface area contributed by atoms with Gasteiger partial charge in [-0.15, -0.1) is 0 Å². The number of rotatable bonds is 3. The smallest absolute Gasteiger partial charge is 0.244 e. The van der Waals surface area contributed by atoms with Crippen molar-refractivity contribution in [1.29, 1.82) is 0 Å². The number of hydrogen-bond acceptors (Lipinski definition) is 3. The van der Waals surface area contributed by atoms with Crippen LogP contribution in [-0.2, 0) is 14.8 Å². The van der Waals surface area contributed by atoms with Crippen molar-refractivity contribution < 1.29 is 13.2 Å². The number of carbonyl (C=O) groups excluding carboxylic acids is 1. The van der Waals surface area contributed by atoms with E-state index in [-0.39, 0.29) is 0 Å². The molecule has 22 heavy (non-hydrogen) atoms. The minimum absolute atomic E-state index is 0.334. The standard InChI is InChI=1S/C16H24N2O3S/c1-9-10(2)12(4)15(13(5)11(9)3)22(20,21)18-8-6-7-14(18)16(17)19/h14H,6-8H2,1-5H3,(H2,17,19)/t14-/m0/s1. The monoisotopic (exact) mass is 324 g/mol. The Bertz CT molecular complexity index is 709. The van der Waals surface area contributed by atoms with E-state index in [1.807, 2.05) is 34.6 Å². The number of nitrogens with zero attached hydrogens (tertiary/aromatic N) is 1. The van der Waals surface area contributed by atoms with Gasteiger partial charge < -0.3 is 5.73 Å². The zero-order valence-electron chi connectivity index (χ0n) is 13.9. The molecule has 2 N–H and O–H groups in total. The SMILES string of the molecule is Cc1c(C)c(C)c(S(=O)(=O)N2CCC[C@H]2C(N)=O)c(C)c1C. The van der Waals surface area contributed by atoms with Crippen LogP contribution >= 0.6 is 0 Å². The van der Waals surface area contributed by atoms with E-state index >= 15 is 0 Å². The fourth-order valence-corrected chi connectivity index (χ4v) is 5.51. The van der Waals surface area contributed by atoms with Gasteiger partial charge in [-0.3, -0.25) is 4.79 Å². The van der Waals surface area contributed by atoms with E-state index in [0.717, 1.165) is 27.8 Å². The molecule has 1 aromatic carbocycles. The van der Waals surface area contributed by atoms with E-state index in [0.29, 0.717) is 24.3 Å². The Hall–Kier alpha value is -1.40. The minimum atomic E-state index is -3.72. The second-order valence-electron chi connectivity index (χ2n) is 6.13. The average Bonchev–Trinajstić information content (AvgIpc) is 2.93.